The smallest absolute Gasteiger partial charge is 0.267 e. The largest absolute Gasteiger partial charge is 0.481 e. The van der Waals surface area contributed by atoms with Gasteiger partial charge >= 0.3 is 0 Å². The fourth-order valence-corrected chi connectivity index (χ4v) is 3.08. The van der Waals surface area contributed by atoms with E-state index in [-0.39, 0.29) is 6.10 Å². The van der Waals surface area contributed by atoms with Crippen LogP contribution in [0.1, 0.15) is 37.8 Å². The molecule has 0 N–H and O–H groups in total. The molecule has 0 aliphatic heterocycles. The van der Waals surface area contributed by atoms with E-state index < -0.39 is 0 Å². The number of hydrogen-bond acceptors (Lipinski definition) is 4. The van der Waals surface area contributed by atoms with E-state index in [1.54, 1.807) is 0 Å². The molecular formula is C23H23N3O2. The van der Waals surface area contributed by atoms with Crippen LogP contribution in [-0.4, -0.2) is 14.7 Å². The van der Waals surface area contributed by atoms with Crippen LogP contribution >= 0.6 is 0 Å². The molecule has 5 nitrogen and oxygen atoms in total. The van der Waals surface area contributed by atoms with Crippen molar-refractivity contribution < 1.29 is 9.26 Å². The van der Waals surface area contributed by atoms with Crippen LogP contribution in [0.5, 0.6) is 5.75 Å². The highest BCUT2D eigenvalue weighted by atomic mass is 16.5. The van der Waals surface area contributed by atoms with Gasteiger partial charge in [-0.3, -0.25) is 0 Å². The number of aromatic nitrogens is 3. The summed E-state index contributed by atoms with van der Waals surface area (Å²) in [5, 5.41) is 4.11. The van der Waals surface area contributed by atoms with Gasteiger partial charge in [0.2, 0.25) is 5.82 Å². The number of benzene rings is 2. The summed E-state index contributed by atoms with van der Waals surface area (Å²) in [5.41, 5.74) is 3.30. The maximum absolute atomic E-state index is 5.95. The quantitative estimate of drug-likeness (QED) is 0.422. The minimum atomic E-state index is -0.322. The van der Waals surface area contributed by atoms with Crippen molar-refractivity contribution in [3.05, 3.63) is 84.5 Å². The van der Waals surface area contributed by atoms with Crippen molar-refractivity contribution in [2.24, 2.45) is 0 Å². The first-order chi connectivity index (χ1) is 13.7. The molecule has 0 fully saturated rings. The Labute approximate surface area is 164 Å². The molecule has 0 aliphatic rings. The molecular weight excluding hydrogens is 350 g/mol. The zero-order valence-electron chi connectivity index (χ0n) is 16.1. The molecule has 142 valence electrons. The van der Waals surface area contributed by atoms with Gasteiger partial charge in [0, 0.05) is 23.6 Å². The van der Waals surface area contributed by atoms with Gasteiger partial charge in [0.1, 0.15) is 5.75 Å². The average Bonchev–Trinajstić information content (AvgIpc) is 3.42. The lowest BCUT2D eigenvalue weighted by atomic mass is 10.1. The summed E-state index contributed by atoms with van der Waals surface area (Å²) in [6.07, 6.45) is 5.90. The maximum Gasteiger partial charge on any atom is 0.267 e. The van der Waals surface area contributed by atoms with E-state index in [1.165, 1.54) is 5.56 Å². The van der Waals surface area contributed by atoms with Crippen molar-refractivity contribution in [3.8, 4) is 22.8 Å². The molecule has 2 aromatic carbocycles. The van der Waals surface area contributed by atoms with Crippen molar-refractivity contribution in [2.75, 3.05) is 0 Å². The van der Waals surface area contributed by atoms with Gasteiger partial charge in [-0.05, 0) is 67.4 Å². The van der Waals surface area contributed by atoms with Crippen molar-refractivity contribution in [3.63, 3.8) is 0 Å². The van der Waals surface area contributed by atoms with Crippen LogP contribution in [0.3, 0.4) is 0 Å². The van der Waals surface area contributed by atoms with Crippen LogP contribution in [0.4, 0.5) is 0 Å². The molecule has 0 amide bonds. The van der Waals surface area contributed by atoms with E-state index in [0.29, 0.717) is 11.7 Å². The van der Waals surface area contributed by atoms with Crippen LogP contribution in [0.2, 0.25) is 0 Å². The van der Waals surface area contributed by atoms with E-state index in [2.05, 4.69) is 29.2 Å². The number of aryl methyl sites for hydroxylation is 1. The highest BCUT2D eigenvalue weighted by Gasteiger charge is 2.17. The fraction of sp³-hybridized carbons (Fsp3) is 0.217. The molecule has 2 heterocycles. The highest BCUT2D eigenvalue weighted by Crippen LogP contribution is 2.24. The predicted molar refractivity (Wildman–Crippen MR) is 109 cm³/mol. The van der Waals surface area contributed by atoms with Crippen LogP contribution in [0.15, 0.2) is 77.6 Å². The first kappa shape index (κ1) is 18.0. The Bertz CT molecular complexity index is 1000. The summed E-state index contributed by atoms with van der Waals surface area (Å²) in [6.45, 7) is 4.08. The lowest BCUT2D eigenvalue weighted by Crippen LogP contribution is -2.03. The normalized spacial score (nSPS) is 12.1. The van der Waals surface area contributed by atoms with E-state index in [9.17, 15) is 0 Å². The summed E-state index contributed by atoms with van der Waals surface area (Å²) in [7, 11) is 0. The third-order valence-electron chi connectivity index (χ3n) is 4.59. The van der Waals surface area contributed by atoms with Gasteiger partial charge in [-0.2, -0.15) is 4.98 Å². The summed E-state index contributed by atoms with van der Waals surface area (Å²) < 4.78 is 13.4. The topological polar surface area (TPSA) is 53.1 Å². The lowest BCUT2D eigenvalue weighted by Gasteiger charge is -2.11. The van der Waals surface area contributed by atoms with Gasteiger partial charge in [-0.25, -0.2) is 0 Å². The summed E-state index contributed by atoms with van der Waals surface area (Å²) >= 11 is 0. The standard InChI is InChI=1S/C23H23N3O2/c1-3-6-18-7-13-21(14-8-18)27-17(2)23-24-22(25-28-23)19-9-11-20(12-10-19)26-15-4-5-16-26/h4-5,7-17H,3,6H2,1-2H3/t17-/m1/s1. The van der Waals surface area contributed by atoms with Gasteiger partial charge < -0.3 is 13.8 Å². The first-order valence-corrected chi connectivity index (χ1v) is 9.56. The van der Waals surface area contributed by atoms with Gasteiger partial charge in [0.25, 0.3) is 5.89 Å². The maximum atomic E-state index is 5.95. The zero-order chi connectivity index (χ0) is 19.3. The summed E-state index contributed by atoms with van der Waals surface area (Å²) in [4.78, 5) is 4.51. The van der Waals surface area contributed by atoms with Gasteiger partial charge in [0.05, 0.1) is 0 Å². The molecule has 0 aliphatic carbocycles. The second-order valence-corrected chi connectivity index (χ2v) is 6.75. The minimum absolute atomic E-state index is 0.322. The van der Waals surface area contributed by atoms with Gasteiger partial charge in [0.15, 0.2) is 6.10 Å². The molecule has 4 aromatic rings. The molecule has 0 unspecified atom stereocenters. The third-order valence-corrected chi connectivity index (χ3v) is 4.59. The molecule has 4 rings (SSSR count). The minimum Gasteiger partial charge on any atom is -0.481 e. The Morgan fingerprint density at radius 2 is 1.71 bits per heavy atom. The zero-order valence-corrected chi connectivity index (χ0v) is 16.1. The number of nitrogens with zero attached hydrogens (tertiary/aromatic N) is 3. The van der Waals surface area contributed by atoms with Crippen molar-refractivity contribution in [1.29, 1.82) is 0 Å². The van der Waals surface area contributed by atoms with Crippen LogP contribution in [0.25, 0.3) is 17.1 Å². The first-order valence-electron chi connectivity index (χ1n) is 9.56. The second kappa shape index (κ2) is 8.13. The third kappa shape index (κ3) is 3.98. The predicted octanol–water partition coefficient (Wildman–Crippen LogP) is 5.62. The Morgan fingerprint density at radius 3 is 2.39 bits per heavy atom. The Kier molecular flexibility index (Phi) is 5.24. The number of rotatable bonds is 7. The fourth-order valence-electron chi connectivity index (χ4n) is 3.08. The van der Waals surface area contributed by atoms with Gasteiger partial charge in [-0.1, -0.05) is 30.6 Å². The van der Waals surface area contributed by atoms with E-state index in [0.717, 1.165) is 29.8 Å². The number of ether oxygens (including phenoxy) is 1. The summed E-state index contributed by atoms with van der Waals surface area (Å²) in [5.74, 6) is 1.81. The Hall–Kier alpha value is -3.34. The van der Waals surface area contributed by atoms with Crippen molar-refractivity contribution in [1.82, 2.24) is 14.7 Å². The van der Waals surface area contributed by atoms with E-state index >= 15 is 0 Å². The Balaban J connectivity index is 1.44. The molecule has 2 aromatic heterocycles. The van der Waals surface area contributed by atoms with E-state index in [4.69, 9.17) is 9.26 Å². The monoisotopic (exact) mass is 373 g/mol. The molecule has 0 radical (unpaired) electrons. The molecule has 1 atom stereocenters. The lowest BCUT2D eigenvalue weighted by molar-refractivity contribution is 0.176. The average molecular weight is 373 g/mol. The molecule has 5 heteroatoms. The molecule has 0 spiro atoms. The highest BCUT2D eigenvalue weighted by molar-refractivity contribution is 5.56. The SMILES string of the molecule is CCCc1ccc(O[C@H](C)c2nc(-c3ccc(-n4cccc4)cc3)no2)cc1. The van der Waals surface area contributed by atoms with Crippen LogP contribution in [-0.2, 0) is 6.42 Å². The molecule has 0 saturated heterocycles. The number of hydrogen-bond donors (Lipinski definition) is 0. The second-order valence-electron chi connectivity index (χ2n) is 6.75. The van der Waals surface area contributed by atoms with Crippen LogP contribution in [0, 0.1) is 0 Å². The van der Waals surface area contributed by atoms with E-state index in [1.807, 2.05) is 72.4 Å². The molecule has 0 bridgehead atoms. The molecule has 0 saturated carbocycles. The molecule has 28 heavy (non-hydrogen) atoms. The van der Waals surface area contributed by atoms with Crippen molar-refractivity contribution in [2.45, 2.75) is 32.8 Å². The summed E-state index contributed by atoms with van der Waals surface area (Å²) in [6, 6.07) is 20.2. The van der Waals surface area contributed by atoms with Crippen LogP contribution < -0.4 is 4.74 Å². The Morgan fingerprint density at radius 1 is 1.00 bits per heavy atom. The van der Waals surface area contributed by atoms with Gasteiger partial charge in [-0.15, -0.1) is 0 Å². The van der Waals surface area contributed by atoms with Crippen molar-refractivity contribution >= 4 is 0 Å².